The lowest BCUT2D eigenvalue weighted by Gasteiger charge is -2.26. The van der Waals surface area contributed by atoms with Crippen LogP contribution in [0.3, 0.4) is 0 Å². The zero-order valence-corrected chi connectivity index (χ0v) is 18.6. The van der Waals surface area contributed by atoms with Crippen LogP contribution in [0.25, 0.3) is 0 Å². The van der Waals surface area contributed by atoms with Gasteiger partial charge in [0.05, 0.1) is 16.8 Å². The van der Waals surface area contributed by atoms with Crippen molar-refractivity contribution in [2.75, 3.05) is 4.72 Å². The van der Waals surface area contributed by atoms with Crippen molar-refractivity contribution >= 4 is 33.2 Å². The molecule has 0 aliphatic heterocycles. The minimum atomic E-state index is -3.97. The van der Waals surface area contributed by atoms with Crippen LogP contribution in [0.15, 0.2) is 71.6 Å². The van der Waals surface area contributed by atoms with Crippen LogP contribution >= 0.6 is 11.6 Å². The molecule has 2 N–H and O–H groups in total. The number of halogens is 1. The number of sulfonamides is 1. The van der Waals surface area contributed by atoms with Gasteiger partial charge in [0, 0.05) is 5.56 Å². The maximum absolute atomic E-state index is 13.0. The van der Waals surface area contributed by atoms with Gasteiger partial charge in [-0.1, -0.05) is 54.1 Å². The number of carbonyl (C=O) groups excluding carboxylic acids is 1. The monoisotopic (exact) mass is 454 g/mol. The molecule has 1 amide bonds. The van der Waals surface area contributed by atoms with E-state index in [1.54, 1.807) is 18.2 Å². The molecule has 0 radical (unpaired) electrons. The molecule has 4 rings (SSSR count). The molecule has 1 aliphatic rings. The molecule has 0 heterocycles. The summed E-state index contributed by atoms with van der Waals surface area (Å²) in [6.07, 6.45) is 2.83. The lowest BCUT2D eigenvalue weighted by atomic mass is 9.87. The Morgan fingerprint density at radius 2 is 1.77 bits per heavy atom. The van der Waals surface area contributed by atoms with E-state index in [2.05, 4.69) is 16.1 Å². The molecule has 5 nitrogen and oxygen atoms in total. The molecule has 7 heteroatoms. The van der Waals surface area contributed by atoms with E-state index in [4.69, 9.17) is 11.6 Å². The van der Waals surface area contributed by atoms with Gasteiger partial charge in [-0.25, -0.2) is 8.42 Å². The van der Waals surface area contributed by atoms with E-state index in [0.717, 1.165) is 30.4 Å². The lowest BCUT2D eigenvalue weighted by Crippen LogP contribution is -2.31. The second-order valence-corrected chi connectivity index (χ2v) is 9.74. The standard InChI is InChI=1S/C24H23ClN2O3S/c1-16-7-2-5-11-21(16)27-31(29,30)23-15-18(13-14-20(23)25)24(28)26-22-12-6-9-17-8-3-4-10-19(17)22/h2-5,7-8,10-11,13-15,22,27H,6,9,12H2,1H3,(H,26,28)/t22-/m1/s1. The fraction of sp³-hybridized carbons (Fsp3) is 0.208. The van der Waals surface area contributed by atoms with Crippen LogP contribution in [-0.2, 0) is 16.4 Å². The summed E-state index contributed by atoms with van der Waals surface area (Å²) >= 11 is 6.20. The van der Waals surface area contributed by atoms with Crippen molar-refractivity contribution < 1.29 is 13.2 Å². The number of hydrogen-bond acceptors (Lipinski definition) is 3. The van der Waals surface area contributed by atoms with Crippen LogP contribution in [0.1, 0.15) is 45.9 Å². The van der Waals surface area contributed by atoms with Crippen LogP contribution in [0.2, 0.25) is 5.02 Å². The molecule has 31 heavy (non-hydrogen) atoms. The molecule has 0 saturated heterocycles. The lowest BCUT2D eigenvalue weighted by molar-refractivity contribution is 0.0932. The number of aryl methyl sites for hydroxylation is 2. The molecule has 0 saturated carbocycles. The number of anilines is 1. The summed E-state index contributed by atoms with van der Waals surface area (Å²) in [6, 6.07) is 19.4. The highest BCUT2D eigenvalue weighted by Gasteiger charge is 2.24. The molecule has 0 aromatic heterocycles. The second kappa shape index (κ2) is 8.73. The minimum Gasteiger partial charge on any atom is -0.345 e. The number of hydrogen-bond donors (Lipinski definition) is 2. The Kier molecular flexibility index (Phi) is 6.03. The van der Waals surface area contributed by atoms with Gasteiger partial charge in [0.2, 0.25) is 0 Å². The quantitative estimate of drug-likeness (QED) is 0.552. The third-order valence-corrected chi connectivity index (χ3v) is 7.39. The maximum atomic E-state index is 13.0. The topological polar surface area (TPSA) is 75.3 Å². The van der Waals surface area contributed by atoms with E-state index < -0.39 is 10.0 Å². The van der Waals surface area contributed by atoms with Gasteiger partial charge in [-0.3, -0.25) is 9.52 Å². The zero-order valence-electron chi connectivity index (χ0n) is 17.1. The molecule has 1 atom stereocenters. The van der Waals surface area contributed by atoms with Crippen LogP contribution < -0.4 is 10.0 Å². The van der Waals surface area contributed by atoms with Gasteiger partial charge in [0.15, 0.2) is 0 Å². The van der Waals surface area contributed by atoms with E-state index in [1.807, 2.05) is 37.3 Å². The summed E-state index contributed by atoms with van der Waals surface area (Å²) in [6.45, 7) is 1.81. The molecule has 3 aromatic rings. The molecule has 0 unspecified atom stereocenters. The first-order chi connectivity index (χ1) is 14.8. The molecule has 0 spiro atoms. The van der Waals surface area contributed by atoms with E-state index in [1.165, 1.54) is 17.7 Å². The summed E-state index contributed by atoms with van der Waals surface area (Å²) in [4.78, 5) is 12.8. The number of nitrogens with one attached hydrogen (secondary N) is 2. The van der Waals surface area contributed by atoms with Gasteiger partial charge in [0.1, 0.15) is 4.90 Å². The third-order valence-electron chi connectivity index (χ3n) is 5.55. The fourth-order valence-corrected chi connectivity index (χ4v) is 5.54. The summed E-state index contributed by atoms with van der Waals surface area (Å²) < 4.78 is 28.5. The molecule has 0 bridgehead atoms. The molecular formula is C24H23ClN2O3S. The van der Waals surface area contributed by atoms with Crippen LogP contribution in [-0.4, -0.2) is 14.3 Å². The Morgan fingerprint density at radius 1 is 1.03 bits per heavy atom. The second-order valence-electron chi connectivity index (χ2n) is 7.68. The van der Waals surface area contributed by atoms with Crippen molar-refractivity contribution in [2.24, 2.45) is 0 Å². The highest BCUT2D eigenvalue weighted by Crippen LogP contribution is 2.30. The minimum absolute atomic E-state index is 0.0562. The zero-order chi connectivity index (χ0) is 22.0. The number of fused-ring (bicyclic) bond motifs is 1. The molecule has 3 aromatic carbocycles. The van der Waals surface area contributed by atoms with E-state index >= 15 is 0 Å². The Hall–Kier alpha value is -2.83. The van der Waals surface area contributed by atoms with E-state index in [0.29, 0.717) is 5.69 Å². The van der Waals surface area contributed by atoms with Gasteiger partial charge in [-0.15, -0.1) is 0 Å². The molecule has 1 aliphatic carbocycles. The number of amides is 1. The van der Waals surface area contributed by atoms with Gasteiger partial charge < -0.3 is 5.32 Å². The third kappa shape index (κ3) is 4.60. The Labute approximate surface area is 187 Å². The predicted octanol–water partition coefficient (Wildman–Crippen LogP) is 5.26. The highest BCUT2D eigenvalue weighted by molar-refractivity contribution is 7.92. The van der Waals surface area contributed by atoms with E-state index in [9.17, 15) is 13.2 Å². The fourth-order valence-electron chi connectivity index (χ4n) is 3.88. The smallest absolute Gasteiger partial charge is 0.263 e. The first-order valence-electron chi connectivity index (χ1n) is 10.1. The van der Waals surface area contributed by atoms with Crippen molar-refractivity contribution in [1.29, 1.82) is 0 Å². The highest BCUT2D eigenvalue weighted by atomic mass is 35.5. The molecule has 0 fully saturated rings. The van der Waals surface area contributed by atoms with Crippen LogP contribution in [0, 0.1) is 6.92 Å². The van der Waals surface area contributed by atoms with Crippen molar-refractivity contribution in [3.05, 3.63) is 94.0 Å². The largest absolute Gasteiger partial charge is 0.345 e. The Bertz CT molecular complexity index is 1240. The average molecular weight is 455 g/mol. The van der Waals surface area contributed by atoms with Crippen LogP contribution in [0.4, 0.5) is 5.69 Å². The molecule has 160 valence electrons. The van der Waals surface area contributed by atoms with Crippen LogP contribution in [0.5, 0.6) is 0 Å². The Morgan fingerprint density at radius 3 is 2.58 bits per heavy atom. The van der Waals surface area contributed by atoms with Crippen molar-refractivity contribution in [3.8, 4) is 0 Å². The first kappa shape index (κ1) is 21.4. The van der Waals surface area contributed by atoms with Crippen molar-refractivity contribution in [1.82, 2.24) is 5.32 Å². The number of rotatable bonds is 5. The molecular weight excluding hydrogens is 432 g/mol. The van der Waals surface area contributed by atoms with Gasteiger partial charge in [-0.2, -0.15) is 0 Å². The number of para-hydroxylation sites is 1. The van der Waals surface area contributed by atoms with Crippen molar-refractivity contribution in [2.45, 2.75) is 37.1 Å². The summed E-state index contributed by atoms with van der Waals surface area (Å²) in [5.74, 6) is -0.328. The predicted molar refractivity (Wildman–Crippen MR) is 123 cm³/mol. The van der Waals surface area contributed by atoms with Gasteiger partial charge in [-0.05, 0) is 67.1 Å². The van der Waals surface area contributed by atoms with E-state index in [-0.39, 0.29) is 27.4 Å². The number of benzene rings is 3. The maximum Gasteiger partial charge on any atom is 0.263 e. The average Bonchev–Trinajstić information content (AvgIpc) is 2.75. The SMILES string of the molecule is Cc1ccccc1NS(=O)(=O)c1cc(C(=O)N[C@@H]2CCCc3ccccc32)ccc1Cl. The number of carbonyl (C=O) groups is 1. The van der Waals surface area contributed by atoms with Gasteiger partial charge in [0.25, 0.3) is 15.9 Å². The Balaban J connectivity index is 1.59. The van der Waals surface area contributed by atoms with Crippen molar-refractivity contribution in [3.63, 3.8) is 0 Å². The summed E-state index contributed by atoms with van der Waals surface area (Å²) in [5.41, 5.74) is 3.85. The normalized spacial score (nSPS) is 15.7. The first-order valence-corrected chi connectivity index (χ1v) is 12.0. The summed E-state index contributed by atoms with van der Waals surface area (Å²) in [5, 5.41) is 3.11. The van der Waals surface area contributed by atoms with Gasteiger partial charge >= 0.3 is 0 Å². The summed E-state index contributed by atoms with van der Waals surface area (Å²) in [7, 11) is -3.97.